The fourth-order valence-electron chi connectivity index (χ4n) is 2.72. The Labute approximate surface area is 108 Å². The molecule has 1 rings (SSSR count). The van der Waals surface area contributed by atoms with E-state index in [2.05, 4.69) is 25.7 Å². The fraction of sp³-hybridized carbons (Fsp3) is 0.867. The summed E-state index contributed by atoms with van der Waals surface area (Å²) >= 11 is 0. The third-order valence-electron chi connectivity index (χ3n) is 3.77. The third kappa shape index (κ3) is 5.87. The molecule has 1 nitrogen and oxygen atoms in total. The Morgan fingerprint density at radius 1 is 0.941 bits per heavy atom. The van der Waals surface area contributed by atoms with E-state index in [9.17, 15) is 5.11 Å². The standard InChI is InChI=1S/C15H30OSi/c1-17(2,3)15-13-11-9-7-5-4-6-8-10-12-14(15)16/h13-14,16H,4-12H2,1-3H3. The van der Waals surface area contributed by atoms with Crippen LogP contribution in [-0.2, 0) is 0 Å². The van der Waals surface area contributed by atoms with E-state index in [1.165, 1.54) is 56.6 Å². The highest BCUT2D eigenvalue weighted by molar-refractivity contribution is 6.83. The number of hydrogen-bond acceptors (Lipinski definition) is 1. The van der Waals surface area contributed by atoms with Crippen LogP contribution in [0.5, 0.6) is 0 Å². The molecule has 1 aliphatic rings. The second-order valence-corrected chi connectivity index (χ2v) is 11.6. The fourth-order valence-corrected chi connectivity index (χ4v) is 4.62. The first-order valence-corrected chi connectivity index (χ1v) is 10.9. The topological polar surface area (TPSA) is 20.2 Å². The molecule has 1 unspecified atom stereocenters. The number of rotatable bonds is 1. The maximum Gasteiger partial charge on any atom is 0.0753 e. The van der Waals surface area contributed by atoms with Crippen molar-refractivity contribution in [1.82, 2.24) is 0 Å². The van der Waals surface area contributed by atoms with E-state index in [0.717, 1.165) is 6.42 Å². The number of aliphatic hydroxyl groups is 1. The Morgan fingerprint density at radius 2 is 1.47 bits per heavy atom. The lowest BCUT2D eigenvalue weighted by atomic mass is 10.0. The molecule has 0 aromatic carbocycles. The van der Waals surface area contributed by atoms with Crippen molar-refractivity contribution in [3.8, 4) is 0 Å². The van der Waals surface area contributed by atoms with Crippen LogP contribution >= 0.6 is 0 Å². The van der Waals surface area contributed by atoms with Crippen molar-refractivity contribution in [2.24, 2.45) is 0 Å². The summed E-state index contributed by atoms with van der Waals surface area (Å²) in [6, 6.07) is 0. The highest BCUT2D eigenvalue weighted by Crippen LogP contribution is 2.24. The van der Waals surface area contributed by atoms with E-state index >= 15 is 0 Å². The van der Waals surface area contributed by atoms with Gasteiger partial charge in [0, 0.05) is 0 Å². The molecule has 0 heterocycles. The Morgan fingerprint density at radius 3 is 2.06 bits per heavy atom. The molecule has 0 aromatic heterocycles. The Hall–Kier alpha value is -0.0831. The van der Waals surface area contributed by atoms with Gasteiger partial charge in [-0.3, -0.25) is 0 Å². The van der Waals surface area contributed by atoms with Gasteiger partial charge >= 0.3 is 0 Å². The SMILES string of the molecule is C[Si](C)(C)C1=CCCCCCCCCCC1O. The van der Waals surface area contributed by atoms with E-state index in [1.54, 1.807) is 0 Å². The van der Waals surface area contributed by atoms with Crippen molar-refractivity contribution >= 4 is 8.07 Å². The molecule has 0 aromatic rings. The molecular formula is C15H30OSi. The van der Waals surface area contributed by atoms with Crippen LogP contribution in [0.15, 0.2) is 11.3 Å². The molecule has 0 aliphatic heterocycles. The number of allylic oxidation sites excluding steroid dienone is 1. The van der Waals surface area contributed by atoms with E-state index < -0.39 is 8.07 Å². The second kappa shape index (κ2) is 7.37. The molecule has 0 amide bonds. The Bertz CT molecular complexity index is 240. The lowest BCUT2D eigenvalue weighted by molar-refractivity contribution is 0.201. The Kier molecular flexibility index (Phi) is 6.50. The molecular weight excluding hydrogens is 224 g/mol. The average molecular weight is 254 g/mol. The van der Waals surface area contributed by atoms with E-state index in [-0.39, 0.29) is 6.10 Å². The van der Waals surface area contributed by atoms with E-state index in [4.69, 9.17) is 0 Å². The van der Waals surface area contributed by atoms with Gasteiger partial charge in [-0.25, -0.2) is 0 Å². The molecule has 0 radical (unpaired) electrons. The molecule has 0 bridgehead atoms. The molecule has 100 valence electrons. The molecule has 0 fully saturated rings. The molecule has 1 atom stereocenters. The molecule has 0 saturated carbocycles. The maximum absolute atomic E-state index is 10.4. The minimum Gasteiger partial charge on any atom is -0.389 e. The zero-order valence-electron chi connectivity index (χ0n) is 12.0. The number of aliphatic hydroxyl groups excluding tert-OH is 1. The minimum absolute atomic E-state index is 0.152. The van der Waals surface area contributed by atoms with Gasteiger partial charge in [0.15, 0.2) is 0 Å². The van der Waals surface area contributed by atoms with Crippen LogP contribution in [-0.4, -0.2) is 19.3 Å². The largest absolute Gasteiger partial charge is 0.389 e. The summed E-state index contributed by atoms with van der Waals surface area (Å²) in [6.07, 6.45) is 13.7. The van der Waals surface area contributed by atoms with Gasteiger partial charge in [0.1, 0.15) is 0 Å². The van der Waals surface area contributed by atoms with E-state index in [1.807, 2.05) is 0 Å². The quantitative estimate of drug-likeness (QED) is 0.674. The van der Waals surface area contributed by atoms with Crippen molar-refractivity contribution in [1.29, 1.82) is 0 Å². The lowest BCUT2D eigenvalue weighted by Gasteiger charge is -2.26. The monoisotopic (exact) mass is 254 g/mol. The molecule has 2 heteroatoms. The minimum atomic E-state index is -1.33. The summed E-state index contributed by atoms with van der Waals surface area (Å²) in [5.74, 6) is 0. The predicted octanol–water partition coefficient (Wildman–Crippen LogP) is 4.68. The van der Waals surface area contributed by atoms with Gasteiger partial charge < -0.3 is 5.11 Å². The highest BCUT2D eigenvalue weighted by atomic mass is 28.3. The summed E-state index contributed by atoms with van der Waals surface area (Å²) in [5, 5.41) is 11.8. The Balaban J connectivity index is 2.65. The third-order valence-corrected chi connectivity index (χ3v) is 6.04. The molecule has 1 N–H and O–H groups in total. The molecule has 0 spiro atoms. The second-order valence-electron chi connectivity index (χ2n) is 6.48. The van der Waals surface area contributed by atoms with Crippen LogP contribution in [0, 0.1) is 0 Å². The van der Waals surface area contributed by atoms with Crippen molar-refractivity contribution in [3.63, 3.8) is 0 Å². The van der Waals surface area contributed by atoms with Gasteiger partial charge in [0.2, 0.25) is 0 Å². The van der Waals surface area contributed by atoms with Crippen LogP contribution in [0.2, 0.25) is 19.6 Å². The van der Waals surface area contributed by atoms with Gasteiger partial charge in [-0.1, -0.05) is 69.4 Å². The van der Waals surface area contributed by atoms with Crippen LogP contribution < -0.4 is 0 Å². The highest BCUT2D eigenvalue weighted by Gasteiger charge is 2.25. The predicted molar refractivity (Wildman–Crippen MR) is 79.0 cm³/mol. The first-order chi connectivity index (χ1) is 8.02. The van der Waals surface area contributed by atoms with Crippen molar-refractivity contribution in [2.45, 2.75) is 83.5 Å². The lowest BCUT2D eigenvalue weighted by Crippen LogP contribution is -2.32. The summed E-state index contributed by atoms with van der Waals surface area (Å²) < 4.78 is 0. The molecule has 1 aliphatic carbocycles. The van der Waals surface area contributed by atoms with Crippen molar-refractivity contribution < 1.29 is 5.11 Å². The van der Waals surface area contributed by atoms with Crippen molar-refractivity contribution in [3.05, 3.63) is 11.3 Å². The summed E-state index contributed by atoms with van der Waals surface area (Å²) in [4.78, 5) is 0. The maximum atomic E-state index is 10.4. The molecule has 0 saturated heterocycles. The van der Waals surface area contributed by atoms with Crippen LogP contribution in [0.1, 0.15) is 57.8 Å². The van der Waals surface area contributed by atoms with Crippen LogP contribution in [0.3, 0.4) is 0 Å². The first-order valence-electron chi connectivity index (χ1n) is 7.40. The van der Waals surface area contributed by atoms with E-state index in [0.29, 0.717) is 0 Å². The van der Waals surface area contributed by atoms with Crippen molar-refractivity contribution in [2.75, 3.05) is 0 Å². The van der Waals surface area contributed by atoms with Gasteiger partial charge in [-0.15, -0.1) is 0 Å². The van der Waals surface area contributed by atoms with Crippen LogP contribution in [0.4, 0.5) is 0 Å². The summed E-state index contributed by atoms with van der Waals surface area (Å²) in [6.45, 7) is 7.07. The zero-order chi connectivity index (χ0) is 12.7. The first kappa shape index (κ1) is 15.0. The smallest absolute Gasteiger partial charge is 0.0753 e. The van der Waals surface area contributed by atoms with Gasteiger partial charge in [-0.05, 0) is 19.3 Å². The zero-order valence-corrected chi connectivity index (χ0v) is 13.0. The van der Waals surface area contributed by atoms with Gasteiger partial charge in [-0.2, -0.15) is 0 Å². The summed E-state index contributed by atoms with van der Waals surface area (Å²) in [7, 11) is -1.33. The summed E-state index contributed by atoms with van der Waals surface area (Å²) in [5.41, 5.74) is 0. The van der Waals surface area contributed by atoms with Gasteiger partial charge in [0.05, 0.1) is 14.2 Å². The van der Waals surface area contributed by atoms with Gasteiger partial charge in [0.25, 0.3) is 0 Å². The molecule has 17 heavy (non-hydrogen) atoms. The normalized spacial score (nSPS) is 25.6. The number of hydrogen-bond donors (Lipinski definition) is 1. The average Bonchev–Trinajstić information content (AvgIpc) is 2.21. The van der Waals surface area contributed by atoms with Crippen LogP contribution in [0.25, 0.3) is 0 Å².